The van der Waals surface area contributed by atoms with Crippen LogP contribution in [0.5, 0.6) is 0 Å². The van der Waals surface area contributed by atoms with Crippen molar-refractivity contribution in [1.29, 1.82) is 0 Å². The number of carboxylic acids is 1. The van der Waals surface area contributed by atoms with Gasteiger partial charge in [-0.1, -0.05) is 0 Å². The van der Waals surface area contributed by atoms with Crippen molar-refractivity contribution < 1.29 is 9.90 Å². The van der Waals surface area contributed by atoms with Crippen LogP contribution in [-0.2, 0) is 0 Å². The van der Waals surface area contributed by atoms with Crippen LogP contribution < -0.4 is 4.90 Å². The molecular formula is C16H18N4O2. The van der Waals surface area contributed by atoms with Crippen LogP contribution in [0.15, 0.2) is 24.5 Å². The van der Waals surface area contributed by atoms with E-state index in [1.807, 2.05) is 6.07 Å². The Balaban J connectivity index is 1.80. The second-order valence-corrected chi connectivity index (χ2v) is 6.15. The SMILES string of the molecule is CN1C2CCC1CN(c1ccc(C(=O)O)c3nccnc13)C2. The van der Waals surface area contributed by atoms with E-state index in [1.54, 1.807) is 18.5 Å². The molecule has 0 spiro atoms. The molecule has 0 amide bonds. The molecule has 2 aromatic rings. The molecule has 0 saturated carbocycles. The molecule has 2 unspecified atom stereocenters. The van der Waals surface area contributed by atoms with Crippen molar-refractivity contribution in [2.75, 3.05) is 25.0 Å². The zero-order valence-corrected chi connectivity index (χ0v) is 12.4. The second-order valence-electron chi connectivity index (χ2n) is 6.15. The number of likely N-dealkylation sites (N-methyl/N-ethyl adjacent to an activating group) is 1. The zero-order valence-electron chi connectivity index (χ0n) is 12.4. The number of carbonyl (C=O) groups is 1. The highest BCUT2D eigenvalue weighted by molar-refractivity contribution is 6.04. The van der Waals surface area contributed by atoms with Crippen molar-refractivity contribution >= 4 is 22.7 Å². The van der Waals surface area contributed by atoms with Gasteiger partial charge in [-0.2, -0.15) is 0 Å². The molecule has 4 rings (SSSR count). The van der Waals surface area contributed by atoms with Gasteiger partial charge in [-0.3, -0.25) is 14.9 Å². The average Bonchev–Trinajstić information content (AvgIpc) is 2.75. The summed E-state index contributed by atoms with van der Waals surface area (Å²) < 4.78 is 0. The van der Waals surface area contributed by atoms with Crippen LogP contribution in [0.25, 0.3) is 11.0 Å². The predicted octanol–water partition coefficient (Wildman–Crippen LogP) is 1.61. The van der Waals surface area contributed by atoms with Gasteiger partial charge >= 0.3 is 5.97 Å². The third-order valence-corrected chi connectivity index (χ3v) is 5.02. The van der Waals surface area contributed by atoms with Gasteiger partial charge in [0.05, 0.1) is 11.3 Å². The molecule has 3 heterocycles. The molecule has 2 saturated heterocycles. The van der Waals surface area contributed by atoms with E-state index in [0.29, 0.717) is 23.1 Å². The number of benzene rings is 1. The first-order valence-electron chi connectivity index (χ1n) is 7.59. The molecule has 2 bridgehead atoms. The lowest BCUT2D eigenvalue weighted by Gasteiger charge is -2.40. The van der Waals surface area contributed by atoms with E-state index < -0.39 is 5.97 Å². The lowest BCUT2D eigenvalue weighted by Crippen LogP contribution is -2.52. The standard InChI is InChI=1S/C16H18N4O2/c1-19-10-2-3-11(19)9-20(8-10)13-5-4-12(16(21)22)14-15(13)18-7-6-17-14/h4-7,10-11H,2-3,8-9H2,1H3,(H,21,22). The maximum absolute atomic E-state index is 11.4. The van der Waals surface area contributed by atoms with Crippen LogP contribution in [0.2, 0.25) is 0 Å². The van der Waals surface area contributed by atoms with E-state index in [1.165, 1.54) is 12.8 Å². The summed E-state index contributed by atoms with van der Waals surface area (Å²) in [5.41, 5.74) is 2.37. The molecule has 1 aromatic heterocycles. The van der Waals surface area contributed by atoms with E-state index in [9.17, 15) is 9.90 Å². The molecule has 6 nitrogen and oxygen atoms in total. The number of nitrogens with zero attached hydrogens (tertiary/aromatic N) is 4. The van der Waals surface area contributed by atoms with Crippen LogP contribution in [0.3, 0.4) is 0 Å². The van der Waals surface area contributed by atoms with Gasteiger partial charge in [-0.25, -0.2) is 4.79 Å². The Bertz CT molecular complexity index is 734. The van der Waals surface area contributed by atoms with Crippen molar-refractivity contribution in [1.82, 2.24) is 14.9 Å². The van der Waals surface area contributed by atoms with E-state index in [-0.39, 0.29) is 5.56 Å². The number of hydrogen-bond donors (Lipinski definition) is 1. The number of hydrogen-bond acceptors (Lipinski definition) is 5. The van der Waals surface area contributed by atoms with Gasteiger partial charge in [0, 0.05) is 37.6 Å². The quantitative estimate of drug-likeness (QED) is 0.908. The highest BCUT2D eigenvalue weighted by Gasteiger charge is 2.38. The lowest BCUT2D eigenvalue weighted by atomic mass is 10.1. The van der Waals surface area contributed by atoms with Crippen LogP contribution in [0.1, 0.15) is 23.2 Å². The van der Waals surface area contributed by atoms with Gasteiger partial charge in [0.2, 0.25) is 0 Å². The van der Waals surface area contributed by atoms with Gasteiger partial charge < -0.3 is 10.0 Å². The highest BCUT2D eigenvalue weighted by atomic mass is 16.4. The Morgan fingerprint density at radius 2 is 1.77 bits per heavy atom. The molecule has 2 atom stereocenters. The Morgan fingerprint density at radius 3 is 2.41 bits per heavy atom. The van der Waals surface area contributed by atoms with E-state index >= 15 is 0 Å². The Labute approximate surface area is 128 Å². The molecule has 0 aliphatic carbocycles. The minimum Gasteiger partial charge on any atom is -0.478 e. The van der Waals surface area contributed by atoms with Crippen LogP contribution >= 0.6 is 0 Å². The molecule has 0 radical (unpaired) electrons. The molecule has 22 heavy (non-hydrogen) atoms. The molecule has 2 fully saturated rings. The van der Waals surface area contributed by atoms with E-state index in [4.69, 9.17) is 0 Å². The number of aromatic carboxylic acids is 1. The molecule has 2 aliphatic rings. The molecule has 6 heteroatoms. The molecule has 114 valence electrons. The topological polar surface area (TPSA) is 69.6 Å². The minimum absolute atomic E-state index is 0.212. The summed E-state index contributed by atoms with van der Waals surface area (Å²) in [6.45, 7) is 1.93. The highest BCUT2D eigenvalue weighted by Crippen LogP contribution is 2.34. The smallest absolute Gasteiger partial charge is 0.337 e. The van der Waals surface area contributed by atoms with E-state index in [2.05, 4.69) is 26.8 Å². The fourth-order valence-corrected chi connectivity index (χ4v) is 3.78. The number of aromatic nitrogens is 2. The monoisotopic (exact) mass is 298 g/mol. The molecular weight excluding hydrogens is 280 g/mol. The Morgan fingerprint density at radius 1 is 1.14 bits per heavy atom. The summed E-state index contributed by atoms with van der Waals surface area (Å²) in [5, 5.41) is 9.32. The van der Waals surface area contributed by atoms with Gasteiger partial charge in [0.15, 0.2) is 0 Å². The van der Waals surface area contributed by atoms with Gasteiger partial charge in [0.1, 0.15) is 11.0 Å². The van der Waals surface area contributed by atoms with Crippen molar-refractivity contribution in [3.05, 3.63) is 30.1 Å². The zero-order chi connectivity index (χ0) is 15.3. The van der Waals surface area contributed by atoms with Crippen molar-refractivity contribution in [2.24, 2.45) is 0 Å². The lowest BCUT2D eigenvalue weighted by molar-refractivity contribution is 0.0699. The van der Waals surface area contributed by atoms with E-state index in [0.717, 1.165) is 18.8 Å². The third kappa shape index (κ3) is 1.94. The van der Waals surface area contributed by atoms with Gasteiger partial charge in [0.25, 0.3) is 0 Å². The summed E-state index contributed by atoms with van der Waals surface area (Å²) in [7, 11) is 2.20. The molecule has 2 aliphatic heterocycles. The maximum Gasteiger partial charge on any atom is 0.337 e. The number of rotatable bonds is 2. The number of carboxylic acid groups (broad SMARTS) is 1. The molecule has 1 aromatic carbocycles. The maximum atomic E-state index is 11.4. The van der Waals surface area contributed by atoms with Crippen molar-refractivity contribution in [2.45, 2.75) is 24.9 Å². The van der Waals surface area contributed by atoms with Crippen LogP contribution in [0.4, 0.5) is 5.69 Å². The normalized spacial score (nSPS) is 24.9. The first-order valence-corrected chi connectivity index (χ1v) is 7.59. The summed E-state index contributed by atoms with van der Waals surface area (Å²) in [6, 6.07) is 4.68. The summed E-state index contributed by atoms with van der Waals surface area (Å²) in [4.78, 5) is 24.8. The fourth-order valence-electron chi connectivity index (χ4n) is 3.78. The predicted molar refractivity (Wildman–Crippen MR) is 83.3 cm³/mol. The minimum atomic E-state index is -0.963. The first kappa shape index (κ1) is 13.5. The summed E-state index contributed by atoms with van der Waals surface area (Å²) in [6.07, 6.45) is 5.64. The second kappa shape index (κ2) is 4.91. The Hall–Kier alpha value is -2.21. The number of anilines is 1. The van der Waals surface area contributed by atoms with Crippen LogP contribution in [-0.4, -0.2) is 58.2 Å². The number of fused-ring (bicyclic) bond motifs is 3. The average molecular weight is 298 g/mol. The molecule has 1 N–H and O–H groups in total. The summed E-state index contributed by atoms with van der Waals surface area (Å²) >= 11 is 0. The van der Waals surface area contributed by atoms with Crippen LogP contribution in [0, 0.1) is 0 Å². The van der Waals surface area contributed by atoms with Crippen molar-refractivity contribution in [3.63, 3.8) is 0 Å². The van der Waals surface area contributed by atoms with Gasteiger partial charge in [-0.05, 0) is 32.0 Å². The number of piperazine rings is 1. The Kier molecular flexibility index (Phi) is 3.00. The van der Waals surface area contributed by atoms with Gasteiger partial charge in [-0.15, -0.1) is 0 Å². The third-order valence-electron chi connectivity index (χ3n) is 5.02. The largest absolute Gasteiger partial charge is 0.478 e. The summed E-state index contributed by atoms with van der Waals surface area (Å²) in [5.74, 6) is -0.963. The fraction of sp³-hybridized carbons (Fsp3) is 0.438. The first-order chi connectivity index (χ1) is 10.6. The van der Waals surface area contributed by atoms with Crippen molar-refractivity contribution in [3.8, 4) is 0 Å².